The van der Waals surface area contributed by atoms with Crippen LogP contribution in [0.3, 0.4) is 0 Å². The van der Waals surface area contributed by atoms with Gasteiger partial charge in [0.15, 0.2) is 6.10 Å². The van der Waals surface area contributed by atoms with Crippen molar-refractivity contribution in [1.82, 2.24) is 0 Å². The molecule has 0 bridgehead atoms. The minimum atomic E-state index is -0.951. The van der Waals surface area contributed by atoms with E-state index >= 15 is 0 Å². The summed E-state index contributed by atoms with van der Waals surface area (Å²) in [6.07, 6.45) is -0.0587. The first kappa shape index (κ1) is 23.4. The summed E-state index contributed by atoms with van der Waals surface area (Å²) >= 11 is 3.53. The third kappa shape index (κ3) is 4.17. The van der Waals surface area contributed by atoms with E-state index in [-0.39, 0.29) is 11.8 Å². The third-order valence-electron chi connectivity index (χ3n) is 6.20. The molecule has 0 saturated carbocycles. The van der Waals surface area contributed by atoms with Gasteiger partial charge in [-0.1, -0.05) is 41.1 Å². The van der Waals surface area contributed by atoms with Gasteiger partial charge in [0.25, 0.3) is 5.91 Å². The second kappa shape index (κ2) is 9.71. The summed E-state index contributed by atoms with van der Waals surface area (Å²) in [5.41, 5.74) is 2.00. The molecule has 3 aromatic rings. The van der Waals surface area contributed by atoms with E-state index in [2.05, 4.69) is 15.9 Å². The topological polar surface area (TPSA) is 68.3 Å². The van der Waals surface area contributed by atoms with Crippen molar-refractivity contribution >= 4 is 39.1 Å². The number of carbonyl (C=O) groups excluding carboxylic acids is 2. The Morgan fingerprint density at radius 1 is 0.943 bits per heavy atom. The normalized spacial score (nSPS) is 21.4. The molecule has 0 spiro atoms. The van der Waals surface area contributed by atoms with Crippen LogP contribution in [-0.4, -0.2) is 31.6 Å². The number of para-hydroxylation sites is 1. The van der Waals surface area contributed by atoms with E-state index in [0.29, 0.717) is 23.8 Å². The molecule has 180 valence electrons. The monoisotopic (exact) mass is 536 g/mol. The van der Waals surface area contributed by atoms with Crippen LogP contribution in [0.25, 0.3) is 0 Å². The number of hydrogen-bond donors (Lipinski definition) is 0. The molecular formula is C27H25BrN2O5. The number of hydrogen-bond acceptors (Lipinski definition) is 6. The number of amides is 2. The maximum absolute atomic E-state index is 13.8. The minimum Gasteiger partial charge on any atom is -0.496 e. The molecule has 2 amide bonds. The van der Waals surface area contributed by atoms with E-state index in [1.54, 1.807) is 36.4 Å². The van der Waals surface area contributed by atoms with Gasteiger partial charge >= 0.3 is 0 Å². The molecule has 2 saturated heterocycles. The Balaban J connectivity index is 1.54. The smallest absolute Gasteiger partial charge is 0.266 e. The standard InChI is InChI=1S/C27H25BrN2O5/c1-3-15-34-20-12-10-18(11-13-20)29-26(31)23-24(21-16-17(28)9-14-22(21)33-2)30(35-25(23)27(29)32)19-7-5-4-6-8-19/h4-14,16,23-25H,3,15H2,1-2H3/t23-,24+,25-/m1/s1. The highest BCUT2D eigenvalue weighted by Crippen LogP contribution is 2.50. The molecule has 2 aliphatic heterocycles. The summed E-state index contributed by atoms with van der Waals surface area (Å²) < 4.78 is 12.1. The fourth-order valence-corrected chi connectivity index (χ4v) is 5.01. The predicted molar refractivity (Wildman–Crippen MR) is 135 cm³/mol. The Bertz CT molecular complexity index is 1230. The molecule has 0 unspecified atom stereocenters. The molecule has 3 aromatic carbocycles. The summed E-state index contributed by atoms with van der Waals surface area (Å²) in [5, 5.41) is 1.66. The van der Waals surface area contributed by atoms with Crippen molar-refractivity contribution < 1.29 is 23.9 Å². The van der Waals surface area contributed by atoms with Gasteiger partial charge in [0, 0.05) is 10.0 Å². The number of hydroxylamine groups is 1. The van der Waals surface area contributed by atoms with E-state index in [4.69, 9.17) is 14.3 Å². The van der Waals surface area contributed by atoms with Gasteiger partial charge in [-0.25, -0.2) is 9.96 Å². The van der Waals surface area contributed by atoms with Crippen molar-refractivity contribution in [2.75, 3.05) is 23.7 Å². The lowest BCUT2D eigenvalue weighted by Gasteiger charge is -2.29. The number of anilines is 2. The zero-order valence-corrected chi connectivity index (χ0v) is 21.0. The average molecular weight is 537 g/mol. The molecule has 0 aromatic heterocycles. The van der Waals surface area contributed by atoms with Crippen LogP contribution < -0.4 is 19.4 Å². The van der Waals surface area contributed by atoms with Crippen LogP contribution in [-0.2, 0) is 14.4 Å². The number of carbonyl (C=O) groups is 2. The van der Waals surface area contributed by atoms with Crippen LogP contribution in [0.1, 0.15) is 24.9 Å². The fraction of sp³-hybridized carbons (Fsp3) is 0.259. The Kier molecular flexibility index (Phi) is 6.49. The molecule has 2 aliphatic rings. The van der Waals surface area contributed by atoms with Gasteiger partial charge < -0.3 is 9.47 Å². The van der Waals surface area contributed by atoms with Crippen molar-refractivity contribution in [1.29, 1.82) is 0 Å². The van der Waals surface area contributed by atoms with Crippen molar-refractivity contribution in [3.8, 4) is 11.5 Å². The number of benzene rings is 3. The van der Waals surface area contributed by atoms with Crippen molar-refractivity contribution in [2.24, 2.45) is 5.92 Å². The van der Waals surface area contributed by atoms with Gasteiger partial charge in [0.2, 0.25) is 5.91 Å². The molecule has 5 rings (SSSR count). The quantitative estimate of drug-likeness (QED) is 0.382. The lowest BCUT2D eigenvalue weighted by Crippen LogP contribution is -2.37. The lowest BCUT2D eigenvalue weighted by molar-refractivity contribution is -0.126. The van der Waals surface area contributed by atoms with E-state index < -0.39 is 18.1 Å². The second-order valence-corrected chi connectivity index (χ2v) is 9.31. The first-order chi connectivity index (χ1) is 17.0. The van der Waals surface area contributed by atoms with Gasteiger partial charge in [0.1, 0.15) is 17.4 Å². The Labute approximate surface area is 212 Å². The zero-order chi connectivity index (χ0) is 24.5. The zero-order valence-electron chi connectivity index (χ0n) is 19.4. The van der Waals surface area contributed by atoms with Gasteiger partial charge in [-0.3, -0.25) is 14.4 Å². The van der Waals surface area contributed by atoms with Crippen molar-refractivity contribution in [3.05, 3.63) is 82.8 Å². The highest BCUT2D eigenvalue weighted by atomic mass is 79.9. The van der Waals surface area contributed by atoms with Crippen LogP contribution in [0.15, 0.2) is 77.3 Å². The van der Waals surface area contributed by atoms with E-state index in [1.807, 2.05) is 55.5 Å². The van der Waals surface area contributed by atoms with Crippen LogP contribution in [0.5, 0.6) is 11.5 Å². The summed E-state index contributed by atoms with van der Waals surface area (Å²) in [4.78, 5) is 34.8. The second-order valence-electron chi connectivity index (χ2n) is 8.40. The van der Waals surface area contributed by atoms with Crippen molar-refractivity contribution in [2.45, 2.75) is 25.5 Å². The Hall–Kier alpha value is -3.36. The summed E-state index contributed by atoms with van der Waals surface area (Å²) in [5.74, 6) is -0.146. The van der Waals surface area contributed by atoms with Crippen LogP contribution in [0, 0.1) is 5.92 Å². The fourth-order valence-electron chi connectivity index (χ4n) is 4.63. The Morgan fingerprint density at radius 3 is 2.37 bits per heavy atom. The first-order valence-electron chi connectivity index (χ1n) is 11.5. The minimum absolute atomic E-state index is 0.312. The SMILES string of the molecule is CCCOc1ccc(N2C(=O)[C@H]3[C@@H](ON(c4ccccc4)[C@H]3c3cc(Br)ccc3OC)C2=O)cc1. The van der Waals surface area contributed by atoms with E-state index in [0.717, 1.165) is 22.1 Å². The average Bonchev–Trinajstić information content (AvgIpc) is 3.39. The molecule has 7 nitrogen and oxygen atoms in total. The van der Waals surface area contributed by atoms with Crippen LogP contribution >= 0.6 is 15.9 Å². The number of fused-ring (bicyclic) bond motifs is 1. The lowest BCUT2D eigenvalue weighted by atomic mass is 9.90. The highest BCUT2D eigenvalue weighted by Gasteiger charge is 2.60. The molecule has 0 N–H and O–H groups in total. The molecule has 8 heteroatoms. The third-order valence-corrected chi connectivity index (χ3v) is 6.70. The van der Waals surface area contributed by atoms with E-state index in [1.165, 1.54) is 4.90 Å². The largest absolute Gasteiger partial charge is 0.496 e. The summed E-state index contributed by atoms with van der Waals surface area (Å²) in [6, 6.07) is 21.5. The molecule has 0 aliphatic carbocycles. The number of methoxy groups -OCH3 is 1. The molecule has 3 atom stereocenters. The van der Waals surface area contributed by atoms with E-state index in [9.17, 15) is 9.59 Å². The summed E-state index contributed by atoms with van der Waals surface area (Å²) in [7, 11) is 1.59. The number of rotatable bonds is 7. The van der Waals surface area contributed by atoms with Crippen LogP contribution in [0.2, 0.25) is 0 Å². The summed E-state index contributed by atoms with van der Waals surface area (Å²) in [6.45, 7) is 2.63. The maximum atomic E-state index is 13.8. The Morgan fingerprint density at radius 2 is 1.69 bits per heavy atom. The van der Waals surface area contributed by atoms with Crippen molar-refractivity contribution in [3.63, 3.8) is 0 Å². The van der Waals surface area contributed by atoms with Gasteiger partial charge in [-0.15, -0.1) is 0 Å². The van der Waals surface area contributed by atoms with Gasteiger partial charge in [-0.2, -0.15) is 0 Å². The number of halogens is 1. The molecule has 0 radical (unpaired) electrons. The molecular weight excluding hydrogens is 512 g/mol. The first-order valence-corrected chi connectivity index (χ1v) is 12.3. The number of nitrogens with zero attached hydrogens (tertiary/aromatic N) is 2. The van der Waals surface area contributed by atoms with Crippen LogP contribution in [0.4, 0.5) is 11.4 Å². The predicted octanol–water partition coefficient (Wildman–Crippen LogP) is 5.30. The number of ether oxygens (including phenoxy) is 2. The maximum Gasteiger partial charge on any atom is 0.266 e. The van der Waals surface area contributed by atoms with Gasteiger partial charge in [-0.05, 0) is 61.0 Å². The molecule has 35 heavy (non-hydrogen) atoms. The highest BCUT2D eigenvalue weighted by molar-refractivity contribution is 9.10. The van der Waals surface area contributed by atoms with Gasteiger partial charge in [0.05, 0.1) is 31.1 Å². The molecule has 2 fully saturated rings. The molecule has 2 heterocycles. The number of imide groups is 1.